The second-order valence-corrected chi connectivity index (χ2v) is 9.28. The predicted molar refractivity (Wildman–Crippen MR) is 132 cm³/mol. The largest absolute Gasteiger partial charge is 0.330 e. The van der Waals surface area contributed by atoms with E-state index in [1.165, 1.54) is 29.2 Å². The lowest BCUT2D eigenvalue weighted by molar-refractivity contribution is 0.0582. The molecule has 0 spiro atoms. The van der Waals surface area contributed by atoms with Gasteiger partial charge in [-0.2, -0.15) is 0 Å². The maximum absolute atomic E-state index is 13.9. The minimum atomic E-state index is -0.852. The topological polar surface area (TPSA) is 75.4 Å². The van der Waals surface area contributed by atoms with Gasteiger partial charge in [0.1, 0.15) is 17.5 Å². The molecular weight excluding hydrogens is 491 g/mol. The van der Waals surface area contributed by atoms with Crippen molar-refractivity contribution in [2.24, 2.45) is 5.73 Å². The summed E-state index contributed by atoms with van der Waals surface area (Å²) in [6, 6.07) is 12.0. The molecule has 1 saturated carbocycles. The number of nitrogens with zero attached hydrogens (tertiary/aromatic N) is 1. The molecule has 0 saturated heterocycles. The number of nitrogens with two attached hydrogens (primary N) is 1. The summed E-state index contributed by atoms with van der Waals surface area (Å²) in [7, 11) is 0. The highest BCUT2D eigenvalue weighted by Crippen LogP contribution is 2.29. The van der Waals surface area contributed by atoms with E-state index < -0.39 is 29.3 Å². The Morgan fingerprint density at radius 3 is 2.22 bits per heavy atom. The molecule has 3 aromatic rings. The van der Waals surface area contributed by atoms with E-state index in [4.69, 9.17) is 17.3 Å². The first-order valence-corrected chi connectivity index (χ1v) is 12.0. The molecule has 1 fully saturated rings. The van der Waals surface area contributed by atoms with Crippen LogP contribution in [-0.4, -0.2) is 28.8 Å². The molecule has 0 aliphatic heterocycles. The zero-order valence-corrected chi connectivity index (χ0v) is 20.1. The van der Waals surface area contributed by atoms with Gasteiger partial charge in [0.15, 0.2) is 0 Å². The number of halogens is 4. The van der Waals surface area contributed by atoms with Gasteiger partial charge in [0.05, 0.1) is 0 Å². The molecule has 4 rings (SSSR count). The Bertz CT molecular complexity index is 1250. The Morgan fingerprint density at radius 2 is 1.56 bits per heavy atom. The Morgan fingerprint density at radius 1 is 0.889 bits per heavy atom. The number of benzene rings is 3. The zero-order chi connectivity index (χ0) is 25.8. The molecule has 0 radical (unpaired) electrons. The van der Waals surface area contributed by atoms with Crippen molar-refractivity contribution in [1.82, 2.24) is 4.90 Å². The first kappa shape index (κ1) is 25.7. The van der Waals surface area contributed by atoms with Gasteiger partial charge in [-0.15, -0.1) is 0 Å². The van der Waals surface area contributed by atoms with Gasteiger partial charge in [-0.05, 0) is 73.0 Å². The highest BCUT2D eigenvalue weighted by Gasteiger charge is 2.32. The molecule has 2 atom stereocenters. The number of carbonyl (C=O) groups is 2. The molecule has 2 unspecified atom stereocenters. The van der Waals surface area contributed by atoms with Gasteiger partial charge in [-0.1, -0.05) is 24.4 Å². The van der Waals surface area contributed by atoms with Crippen LogP contribution in [0.1, 0.15) is 52.0 Å². The minimum Gasteiger partial charge on any atom is -0.330 e. The molecule has 0 bridgehead atoms. The maximum atomic E-state index is 13.9. The van der Waals surface area contributed by atoms with Crippen molar-refractivity contribution in [3.05, 3.63) is 99.8 Å². The van der Waals surface area contributed by atoms with Gasteiger partial charge in [0.25, 0.3) is 11.8 Å². The van der Waals surface area contributed by atoms with E-state index in [1.807, 2.05) is 0 Å². The van der Waals surface area contributed by atoms with E-state index in [2.05, 4.69) is 5.32 Å². The second kappa shape index (κ2) is 11.1. The average molecular weight is 516 g/mol. The fraction of sp³-hybridized carbons (Fsp3) is 0.259. The molecule has 188 valence electrons. The summed E-state index contributed by atoms with van der Waals surface area (Å²) in [5.74, 6) is -3.16. The van der Waals surface area contributed by atoms with Gasteiger partial charge in [0, 0.05) is 46.5 Å². The van der Waals surface area contributed by atoms with Crippen LogP contribution in [0.4, 0.5) is 18.9 Å². The van der Waals surface area contributed by atoms with Crippen LogP contribution in [0.25, 0.3) is 0 Å². The van der Waals surface area contributed by atoms with Crippen molar-refractivity contribution in [1.29, 1.82) is 0 Å². The fourth-order valence-corrected chi connectivity index (χ4v) is 4.65. The van der Waals surface area contributed by atoms with Crippen molar-refractivity contribution in [2.75, 3.05) is 5.32 Å². The standard InChI is InChI=1S/C27H25ClF3N3O2/c28-23-10-9-22(33-26(35)16-5-7-19(29)8-6-16)13-18(23)15-34(25-4-2-1-3-24(25)32)27(36)17-11-20(30)14-21(31)12-17/h5-14,24-25H,1-4,15,32H2,(H,33,35). The van der Waals surface area contributed by atoms with Crippen LogP contribution in [0.3, 0.4) is 0 Å². The SMILES string of the molecule is NC1CCCCC1N(Cc1cc(NC(=O)c2ccc(F)cc2)ccc1Cl)C(=O)c1cc(F)cc(F)c1. The minimum absolute atomic E-state index is 0.0222. The van der Waals surface area contributed by atoms with E-state index >= 15 is 0 Å². The van der Waals surface area contributed by atoms with Crippen molar-refractivity contribution in [3.8, 4) is 0 Å². The van der Waals surface area contributed by atoms with Crippen LogP contribution in [0.5, 0.6) is 0 Å². The van der Waals surface area contributed by atoms with Crippen LogP contribution in [0, 0.1) is 17.5 Å². The second-order valence-electron chi connectivity index (χ2n) is 8.87. The third kappa shape index (κ3) is 6.06. The van der Waals surface area contributed by atoms with Crippen molar-refractivity contribution < 1.29 is 22.8 Å². The molecule has 0 aromatic heterocycles. The van der Waals surface area contributed by atoms with Crippen LogP contribution in [0.2, 0.25) is 5.02 Å². The van der Waals surface area contributed by atoms with Gasteiger partial charge in [-0.3, -0.25) is 9.59 Å². The lowest BCUT2D eigenvalue weighted by atomic mass is 9.89. The predicted octanol–water partition coefficient (Wildman–Crippen LogP) is 5.92. The molecule has 1 aliphatic rings. The van der Waals surface area contributed by atoms with Gasteiger partial charge < -0.3 is 16.0 Å². The first-order chi connectivity index (χ1) is 17.2. The highest BCUT2D eigenvalue weighted by molar-refractivity contribution is 6.31. The quantitative estimate of drug-likeness (QED) is 0.428. The Hall–Kier alpha value is -3.36. The molecule has 0 heterocycles. The normalized spacial score (nSPS) is 17.5. The van der Waals surface area contributed by atoms with Crippen LogP contribution in [-0.2, 0) is 6.54 Å². The number of amides is 2. The highest BCUT2D eigenvalue weighted by atomic mass is 35.5. The third-order valence-corrected chi connectivity index (χ3v) is 6.67. The van der Waals surface area contributed by atoms with E-state index in [0.717, 1.165) is 25.0 Å². The summed E-state index contributed by atoms with van der Waals surface area (Å²) in [6.45, 7) is 0.0222. The van der Waals surface area contributed by atoms with Gasteiger partial charge in [-0.25, -0.2) is 13.2 Å². The lowest BCUT2D eigenvalue weighted by Crippen LogP contribution is -2.51. The average Bonchev–Trinajstić information content (AvgIpc) is 2.84. The van der Waals surface area contributed by atoms with Crippen LogP contribution < -0.4 is 11.1 Å². The lowest BCUT2D eigenvalue weighted by Gasteiger charge is -2.38. The smallest absolute Gasteiger partial charge is 0.255 e. The Kier molecular flexibility index (Phi) is 7.96. The number of carbonyl (C=O) groups excluding carboxylic acids is 2. The van der Waals surface area contributed by atoms with Crippen molar-refractivity contribution in [2.45, 2.75) is 44.3 Å². The first-order valence-electron chi connectivity index (χ1n) is 11.6. The number of hydrogen-bond acceptors (Lipinski definition) is 3. The molecule has 2 amide bonds. The monoisotopic (exact) mass is 515 g/mol. The maximum Gasteiger partial charge on any atom is 0.255 e. The molecule has 9 heteroatoms. The van der Waals surface area contributed by atoms with Gasteiger partial charge >= 0.3 is 0 Å². The Balaban J connectivity index is 1.63. The molecular formula is C27H25ClF3N3O2. The zero-order valence-electron chi connectivity index (χ0n) is 19.3. The van der Waals surface area contributed by atoms with Gasteiger partial charge in [0.2, 0.25) is 0 Å². The number of hydrogen-bond donors (Lipinski definition) is 2. The number of nitrogens with one attached hydrogen (secondary N) is 1. The van der Waals surface area contributed by atoms with E-state index in [1.54, 1.807) is 18.2 Å². The summed E-state index contributed by atoms with van der Waals surface area (Å²) in [6.07, 6.45) is 3.15. The summed E-state index contributed by atoms with van der Waals surface area (Å²) in [5.41, 5.74) is 7.45. The van der Waals surface area contributed by atoms with Crippen LogP contribution in [0.15, 0.2) is 60.7 Å². The number of anilines is 1. The van der Waals surface area contributed by atoms with E-state index in [9.17, 15) is 22.8 Å². The third-order valence-electron chi connectivity index (χ3n) is 6.30. The molecule has 5 nitrogen and oxygen atoms in total. The van der Waals surface area contributed by atoms with Crippen molar-refractivity contribution >= 4 is 29.1 Å². The molecule has 36 heavy (non-hydrogen) atoms. The molecule has 1 aliphatic carbocycles. The van der Waals surface area contributed by atoms with Crippen molar-refractivity contribution in [3.63, 3.8) is 0 Å². The summed E-state index contributed by atoms with van der Waals surface area (Å²) >= 11 is 6.44. The van der Waals surface area contributed by atoms with Crippen LogP contribution >= 0.6 is 11.6 Å². The molecule has 3 N–H and O–H groups in total. The summed E-state index contributed by atoms with van der Waals surface area (Å²) in [5, 5.41) is 3.08. The molecule has 3 aromatic carbocycles. The Labute approximate surface area is 212 Å². The summed E-state index contributed by atoms with van der Waals surface area (Å²) in [4.78, 5) is 27.6. The van der Waals surface area contributed by atoms with E-state index in [0.29, 0.717) is 35.2 Å². The fourth-order valence-electron chi connectivity index (χ4n) is 4.47. The van der Waals surface area contributed by atoms with E-state index in [-0.39, 0.29) is 29.8 Å². The summed E-state index contributed by atoms with van der Waals surface area (Å²) < 4.78 is 40.9. The number of rotatable bonds is 6.